The van der Waals surface area contributed by atoms with Crippen LogP contribution in [0.5, 0.6) is 5.75 Å². The Kier molecular flexibility index (Phi) is 4.59. The molecular weight excluding hydrogens is 319 g/mol. The van der Waals surface area contributed by atoms with Crippen LogP contribution in [0.25, 0.3) is 10.8 Å². The first-order chi connectivity index (χ1) is 9.43. The second kappa shape index (κ2) is 6.04. The van der Waals surface area contributed by atoms with E-state index in [2.05, 4.69) is 6.58 Å². The summed E-state index contributed by atoms with van der Waals surface area (Å²) in [4.78, 5) is 11.7. The van der Waals surface area contributed by atoms with E-state index in [9.17, 15) is 4.79 Å². The lowest BCUT2D eigenvalue weighted by Gasteiger charge is -2.14. The topological polar surface area (TPSA) is 26.3 Å². The Morgan fingerprint density at radius 2 is 1.90 bits per heavy atom. The molecule has 0 fully saturated rings. The van der Waals surface area contributed by atoms with Crippen LogP contribution in [0.4, 0.5) is 0 Å². The molecule has 0 bridgehead atoms. The second-order valence-electron chi connectivity index (χ2n) is 4.14. The average Bonchev–Trinajstić information content (AvgIpc) is 2.40. The molecule has 5 heteroatoms. The van der Waals surface area contributed by atoms with Gasteiger partial charge in [0.1, 0.15) is 5.75 Å². The Morgan fingerprint density at radius 1 is 1.20 bits per heavy atom. The number of esters is 1. The number of alkyl halides is 3. The van der Waals surface area contributed by atoms with E-state index in [4.69, 9.17) is 39.5 Å². The standard InChI is InChI=1S/C15H11Cl3O2/c1-2-5-12-11-7-4-3-6-10(11)8-9-13(12)20-14(19)15(16,17)18/h2-4,6-9H,1,5H2. The zero-order chi connectivity index (χ0) is 14.8. The maximum absolute atomic E-state index is 11.7. The van der Waals surface area contributed by atoms with Crippen LogP contribution in [0.2, 0.25) is 0 Å². The molecule has 0 atom stereocenters. The first kappa shape index (κ1) is 15.2. The summed E-state index contributed by atoms with van der Waals surface area (Å²) in [5.41, 5.74) is 0.834. The van der Waals surface area contributed by atoms with Crippen LogP contribution in [0, 0.1) is 0 Å². The smallest absolute Gasteiger partial charge is 0.363 e. The van der Waals surface area contributed by atoms with E-state index in [-0.39, 0.29) is 0 Å². The summed E-state index contributed by atoms with van der Waals surface area (Å²) in [5.74, 6) is -0.553. The van der Waals surface area contributed by atoms with Gasteiger partial charge in [0.2, 0.25) is 0 Å². The van der Waals surface area contributed by atoms with Gasteiger partial charge in [0, 0.05) is 5.56 Å². The molecule has 0 N–H and O–H groups in total. The summed E-state index contributed by atoms with van der Waals surface area (Å²) < 4.78 is 3.09. The molecule has 0 aliphatic heterocycles. The van der Waals surface area contributed by atoms with Crippen molar-refractivity contribution >= 4 is 51.5 Å². The van der Waals surface area contributed by atoms with E-state index in [1.54, 1.807) is 12.1 Å². The van der Waals surface area contributed by atoms with E-state index < -0.39 is 9.76 Å². The molecule has 0 spiro atoms. The summed E-state index contributed by atoms with van der Waals surface area (Å²) >= 11 is 16.6. The fourth-order valence-electron chi connectivity index (χ4n) is 1.92. The predicted octanol–water partition coefficient (Wildman–Crippen LogP) is 4.84. The first-order valence-corrected chi connectivity index (χ1v) is 6.97. The summed E-state index contributed by atoms with van der Waals surface area (Å²) in [6.07, 6.45) is 2.28. The molecule has 0 radical (unpaired) electrons. The van der Waals surface area contributed by atoms with Crippen molar-refractivity contribution in [1.29, 1.82) is 0 Å². The highest BCUT2D eigenvalue weighted by molar-refractivity contribution is 6.75. The Morgan fingerprint density at radius 3 is 2.55 bits per heavy atom. The van der Waals surface area contributed by atoms with Crippen molar-refractivity contribution in [3.63, 3.8) is 0 Å². The maximum atomic E-state index is 11.7. The molecule has 0 aliphatic rings. The van der Waals surface area contributed by atoms with Crippen molar-refractivity contribution < 1.29 is 9.53 Å². The summed E-state index contributed by atoms with van der Waals surface area (Å²) in [7, 11) is 0. The van der Waals surface area contributed by atoms with Gasteiger partial charge in [0.25, 0.3) is 3.79 Å². The van der Waals surface area contributed by atoms with Gasteiger partial charge in [-0.05, 0) is 23.3 Å². The van der Waals surface area contributed by atoms with Gasteiger partial charge in [-0.1, -0.05) is 71.2 Å². The maximum Gasteiger partial charge on any atom is 0.363 e. The molecule has 0 aromatic heterocycles. The van der Waals surface area contributed by atoms with Crippen molar-refractivity contribution in [3.05, 3.63) is 54.6 Å². The van der Waals surface area contributed by atoms with Gasteiger partial charge in [0.15, 0.2) is 0 Å². The number of ether oxygens (including phenoxy) is 1. The lowest BCUT2D eigenvalue weighted by Crippen LogP contribution is -2.25. The van der Waals surface area contributed by atoms with Crippen molar-refractivity contribution in [1.82, 2.24) is 0 Å². The van der Waals surface area contributed by atoms with Crippen LogP contribution < -0.4 is 4.74 Å². The van der Waals surface area contributed by atoms with Crippen molar-refractivity contribution in [3.8, 4) is 5.75 Å². The highest BCUT2D eigenvalue weighted by Crippen LogP contribution is 2.33. The number of carbonyl (C=O) groups is 1. The van der Waals surface area contributed by atoms with Crippen LogP contribution in [-0.2, 0) is 11.2 Å². The van der Waals surface area contributed by atoms with Gasteiger partial charge in [-0.3, -0.25) is 0 Å². The predicted molar refractivity (Wildman–Crippen MR) is 83.8 cm³/mol. The molecule has 2 nitrogen and oxygen atoms in total. The largest absolute Gasteiger partial charge is 0.423 e. The van der Waals surface area contributed by atoms with Gasteiger partial charge in [-0.2, -0.15) is 0 Å². The SMILES string of the molecule is C=CCc1c(OC(=O)C(Cl)(Cl)Cl)ccc2ccccc12. The van der Waals surface area contributed by atoms with E-state index in [1.165, 1.54) is 0 Å². The van der Waals surface area contributed by atoms with Crippen LogP contribution >= 0.6 is 34.8 Å². The molecule has 0 saturated heterocycles. The van der Waals surface area contributed by atoms with Crippen LogP contribution in [-0.4, -0.2) is 9.76 Å². The van der Waals surface area contributed by atoms with Crippen LogP contribution in [0.3, 0.4) is 0 Å². The van der Waals surface area contributed by atoms with Gasteiger partial charge < -0.3 is 4.74 Å². The van der Waals surface area contributed by atoms with E-state index >= 15 is 0 Å². The number of hydrogen-bond acceptors (Lipinski definition) is 2. The number of rotatable bonds is 3. The second-order valence-corrected chi connectivity index (χ2v) is 6.42. The number of allylic oxidation sites excluding steroid dienone is 1. The third-order valence-electron chi connectivity index (χ3n) is 2.78. The quantitative estimate of drug-likeness (QED) is 0.348. The van der Waals surface area contributed by atoms with Gasteiger partial charge >= 0.3 is 5.97 Å². The third kappa shape index (κ3) is 3.26. The highest BCUT2D eigenvalue weighted by atomic mass is 35.6. The first-order valence-electron chi connectivity index (χ1n) is 5.84. The van der Waals surface area contributed by atoms with Crippen molar-refractivity contribution in [2.45, 2.75) is 10.2 Å². The summed E-state index contributed by atoms with van der Waals surface area (Å²) in [5, 5.41) is 2.01. The summed E-state index contributed by atoms with van der Waals surface area (Å²) in [6, 6.07) is 11.3. The monoisotopic (exact) mass is 328 g/mol. The molecule has 0 saturated carbocycles. The number of benzene rings is 2. The average molecular weight is 330 g/mol. The number of hydrogen-bond donors (Lipinski definition) is 0. The lowest BCUT2D eigenvalue weighted by molar-refractivity contribution is -0.133. The fourth-order valence-corrected chi connectivity index (χ4v) is 2.04. The van der Waals surface area contributed by atoms with E-state index in [0.717, 1.165) is 16.3 Å². The van der Waals surface area contributed by atoms with Crippen LogP contribution in [0.1, 0.15) is 5.56 Å². The Balaban J connectivity index is 2.50. The number of fused-ring (bicyclic) bond motifs is 1. The summed E-state index contributed by atoms with van der Waals surface area (Å²) in [6.45, 7) is 3.71. The van der Waals surface area contributed by atoms with E-state index in [1.807, 2.05) is 30.3 Å². The van der Waals surface area contributed by atoms with E-state index in [0.29, 0.717) is 12.2 Å². The lowest BCUT2D eigenvalue weighted by atomic mass is 10.0. The van der Waals surface area contributed by atoms with Gasteiger partial charge in [0.05, 0.1) is 0 Å². The van der Waals surface area contributed by atoms with Crippen molar-refractivity contribution in [2.75, 3.05) is 0 Å². The molecule has 0 unspecified atom stereocenters. The number of carbonyl (C=O) groups excluding carboxylic acids is 1. The molecule has 0 amide bonds. The normalized spacial score (nSPS) is 11.3. The molecular formula is C15H11Cl3O2. The van der Waals surface area contributed by atoms with Gasteiger partial charge in [-0.25, -0.2) is 4.79 Å². The highest BCUT2D eigenvalue weighted by Gasteiger charge is 2.33. The molecule has 2 aromatic rings. The molecule has 2 rings (SSSR count). The molecule has 104 valence electrons. The van der Waals surface area contributed by atoms with Crippen LogP contribution in [0.15, 0.2) is 49.1 Å². The molecule has 20 heavy (non-hydrogen) atoms. The van der Waals surface area contributed by atoms with Gasteiger partial charge in [-0.15, -0.1) is 6.58 Å². The Labute approximate surface area is 131 Å². The Bertz CT molecular complexity index is 660. The zero-order valence-corrected chi connectivity index (χ0v) is 12.7. The minimum Gasteiger partial charge on any atom is -0.423 e. The minimum atomic E-state index is -2.10. The van der Waals surface area contributed by atoms with Crippen molar-refractivity contribution in [2.24, 2.45) is 0 Å². The molecule has 0 aliphatic carbocycles. The Hall–Kier alpha value is -1.22. The molecule has 0 heterocycles. The molecule has 2 aromatic carbocycles. The zero-order valence-electron chi connectivity index (χ0n) is 10.4. The minimum absolute atomic E-state index is 0.375. The fraction of sp³-hybridized carbons (Fsp3) is 0.133. The number of halogens is 3. The third-order valence-corrected chi connectivity index (χ3v) is 3.24.